The van der Waals surface area contributed by atoms with Crippen LogP contribution < -0.4 is 4.90 Å². The maximum absolute atomic E-state index is 12.3. The second-order valence-electron chi connectivity index (χ2n) is 5.42. The number of amides is 1. The zero-order valence-electron chi connectivity index (χ0n) is 11.8. The van der Waals surface area contributed by atoms with Crippen LogP contribution >= 0.6 is 11.6 Å². The third-order valence-electron chi connectivity index (χ3n) is 3.94. The Labute approximate surface area is 128 Å². The molecular formula is C17H16ClNO2. The van der Waals surface area contributed by atoms with Crippen molar-refractivity contribution in [3.63, 3.8) is 0 Å². The number of rotatable bonds is 2. The van der Waals surface area contributed by atoms with Crippen LogP contribution in [-0.4, -0.2) is 23.4 Å². The van der Waals surface area contributed by atoms with Crippen molar-refractivity contribution in [2.75, 3.05) is 17.3 Å². The van der Waals surface area contributed by atoms with Crippen LogP contribution in [0.25, 0.3) is 10.8 Å². The van der Waals surface area contributed by atoms with Gasteiger partial charge in [-0.25, -0.2) is 0 Å². The minimum atomic E-state index is -0.126. The SMILES string of the molecule is C=C(C)C(=O)N1C[C@@H](CCl)c2c1cc(O)c1ccccc21. The summed E-state index contributed by atoms with van der Waals surface area (Å²) in [4.78, 5) is 14.0. The zero-order valence-corrected chi connectivity index (χ0v) is 12.5. The predicted molar refractivity (Wildman–Crippen MR) is 86.2 cm³/mol. The van der Waals surface area contributed by atoms with Gasteiger partial charge in [0.05, 0.1) is 5.69 Å². The molecule has 0 saturated heterocycles. The first-order valence-corrected chi connectivity index (χ1v) is 7.36. The van der Waals surface area contributed by atoms with E-state index < -0.39 is 0 Å². The number of phenols is 1. The fraction of sp³-hybridized carbons (Fsp3) is 0.235. The molecule has 0 bridgehead atoms. The van der Waals surface area contributed by atoms with E-state index in [9.17, 15) is 9.90 Å². The zero-order chi connectivity index (χ0) is 15.1. The number of hydrogen-bond donors (Lipinski definition) is 1. The molecule has 1 heterocycles. The molecular weight excluding hydrogens is 286 g/mol. The van der Waals surface area contributed by atoms with E-state index in [1.54, 1.807) is 17.9 Å². The summed E-state index contributed by atoms with van der Waals surface area (Å²) in [6.07, 6.45) is 0. The van der Waals surface area contributed by atoms with Crippen molar-refractivity contribution >= 4 is 34.0 Å². The first-order chi connectivity index (χ1) is 10.0. The van der Waals surface area contributed by atoms with Crippen LogP contribution in [0.2, 0.25) is 0 Å². The lowest BCUT2D eigenvalue weighted by molar-refractivity contribution is -0.115. The van der Waals surface area contributed by atoms with Gasteiger partial charge in [0.1, 0.15) is 5.75 Å². The Morgan fingerprint density at radius 3 is 2.71 bits per heavy atom. The van der Waals surface area contributed by atoms with Gasteiger partial charge in [-0.05, 0) is 17.9 Å². The fourth-order valence-corrected chi connectivity index (χ4v) is 3.23. The normalized spacial score (nSPS) is 17.0. The van der Waals surface area contributed by atoms with Crippen LogP contribution in [0.4, 0.5) is 5.69 Å². The van der Waals surface area contributed by atoms with Crippen molar-refractivity contribution in [2.45, 2.75) is 12.8 Å². The van der Waals surface area contributed by atoms with E-state index in [4.69, 9.17) is 11.6 Å². The monoisotopic (exact) mass is 301 g/mol. The first-order valence-electron chi connectivity index (χ1n) is 6.82. The molecule has 0 aromatic heterocycles. The summed E-state index contributed by atoms with van der Waals surface area (Å²) < 4.78 is 0. The molecule has 0 radical (unpaired) electrons. The summed E-state index contributed by atoms with van der Waals surface area (Å²) in [5, 5.41) is 12.0. The van der Waals surface area contributed by atoms with E-state index in [1.165, 1.54) is 0 Å². The average Bonchev–Trinajstić information content (AvgIpc) is 2.85. The van der Waals surface area contributed by atoms with Crippen molar-refractivity contribution in [1.29, 1.82) is 0 Å². The van der Waals surface area contributed by atoms with E-state index in [2.05, 4.69) is 6.58 Å². The Balaban J connectivity index is 2.28. The van der Waals surface area contributed by atoms with Gasteiger partial charge in [-0.1, -0.05) is 30.8 Å². The minimum Gasteiger partial charge on any atom is -0.507 e. The van der Waals surface area contributed by atoms with Gasteiger partial charge in [0.25, 0.3) is 5.91 Å². The second kappa shape index (κ2) is 5.08. The molecule has 3 rings (SSSR count). The van der Waals surface area contributed by atoms with Crippen LogP contribution in [0.5, 0.6) is 5.75 Å². The lowest BCUT2D eigenvalue weighted by Crippen LogP contribution is -2.30. The fourth-order valence-electron chi connectivity index (χ4n) is 2.98. The quantitative estimate of drug-likeness (QED) is 0.677. The number of alkyl halides is 1. The number of phenolic OH excluding ortho intramolecular Hbond substituents is 1. The van der Waals surface area contributed by atoms with Crippen molar-refractivity contribution in [3.8, 4) is 5.75 Å². The Bertz CT molecular complexity index is 754. The van der Waals surface area contributed by atoms with Crippen LogP contribution in [-0.2, 0) is 4.79 Å². The van der Waals surface area contributed by atoms with Gasteiger partial charge in [0, 0.05) is 35.4 Å². The predicted octanol–water partition coefficient (Wildman–Crippen LogP) is 3.79. The van der Waals surface area contributed by atoms with E-state index in [0.717, 1.165) is 22.0 Å². The van der Waals surface area contributed by atoms with E-state index in [-0.39, 0.29) is 17.6 Å². The van der Waals surface area contributed by atoms with Crippen LogP contribution in [0.15, 0.2) is 42.5 Å². The van der Waals surface area contributed by atoms with Crippen molar-refractivity contribution in [2.24, 2.45) is 0 Å². The summed E-state index contributed by atoms with van der Waals surface area (Å²) in [6, 6.07) is 9.30. The van der Waals surface area contributed by atoms with Crippen molar-refractivity contribution in [3.05, 3.63) is 48.0 Å². The van der Waals surface area contributed by atoms with Crippen LogP contribution in [0.1, 0.15) is 18.4 Å². The smallest absolute Gasteiger partial charge is 0.253 e. The number of aromatic hydroxyl groups is 1. The molecule has 1 aliphatic rings. The third-order valence-corrected chi connectivity index (χ3v) is 4.31. The Kier molecular flexibility index (Phi) is 3.38. The Morgan fingerprint density at radius 1 is 1.43 bits per heavy atom. The van der Waals surface area contributed by atoms with Gasteiger partial charge in [-0.2, -0.15) is 0 Å². The number of fused-ring (bicyclic) bond motifs is 3. The third kappa shape index (κ3) is 2.09. The molecule has 0 saturated carbocycles. The number of hydrogen-bond acceptors (Lipinski definition) is 2. The van der Waals surface area contributed by atoms with Crippen LogP contribution in [0, 0.1) is 0 Å². The summed E-state index contributed by atoms with van der Waals surface area (Å²) in [7, 11) is 0. The summed E-state index contributed by atoms with van der Waals surface area (Å²) in [5.41, 5.74) is 2.25. The molecule has 21 heavy (non-hydrogen) atoms. The maximum Gasteiger partial charge on any atom is 0.253 e. The van der Waals surface area contributed by atoms with Crippen molar-refractivity contribution < 1.29 is 9.90 Å². The van der Waals surface area contributed by atoms with E-state index in [0.29, 0.717) is 18.0 Å². The van der Waals surface area contributed by atoms with Gasteiger partial charge in [0.2, 0.25) is 0 Å². The molecule has 0 unspecified atom stereocenters. The number of anilines is 1. The molecule has 0 fully saturated rings. The molecule has 2 aromatic rings. The second-order valence-corrected chi connectivity index (χ2v) is 5.73. The number of nitrogens with zero attached hydrogens (tertiary/aromatic N) is 1. The summed E-state index contributed by atoms with van der Waals surface area (Å²) in [5.74, 6) is 0.551. The lowest BCUT2D eigenvalue weighted by atomic mass is 9.95. The highest BCUT2D eigenvalue weighted by molar-refractivity contribution is 6.19. The topological polar surface area (TPSA) is 40.5 Å². The molecule has 0 spiro atoms. The summed E-state index contributed by atoms with van der Waals surface area (Å²) in [6.45, 7) is 5.94. The minimum absolute atomic E-state index is 0.0652. The first kappa shape index (κ1) is 14.0. The highest BCUT2D eigenvalue weighted by Crippen LogP contribution is 2.45. The van der Waals surface area contributed by atoms with Crippen LogP contribution in [0.3, 0.4) is 0 Å². The average molecular weight is 302 g/mol. The molecule has 0 aliphatic carbocycles. The van der Waals surface area contributed by atoms with Gasteiger partial charge in [0.15, 0.2) is 0 Å². The van der Waals surface area contributed by atoms with Gasteiger partial charge >= 0.3 is 0 Å². The van der Waals surface area contributed by atoms with Gasteiger partial charge in [-0.15, -0.1) is 11.6 Å². The summed E-state index contributed by atoms with van der Waals surface area (Å²) >= 11 is 6.10. The highest BCUT2D eigenvalue weighted by atomic mass is 35.5. The lowest BCUT2D eigenvalue weighted by Gasteiger charge is -2.18. The maximum atomic E-state index is 12.3. The largest absolute Gasteiger partial charge is 0.507 e. The number of halogens is 1. The molecule has 1 N–H and O–H groups in total. The molecule has 2 aromatic carbocycles. The Hall–Kier alpha value is -2.00. The molecule has 4 heteroatoms. The van der Waals surface area contributed by atoms with Crippen molar-refractivity contribution in [1.82, 2.24) is 0 Å². The molecule has 108 valence electrons. The number of carbonyl (C=O) groups excluding carboxylic acids is 1. The molecule has 1 atom stereocenters. The standard InChI is InChI=1S/C17H16ClNO2/c1-10(2)17(21)19-9-11(8-18)16-13-6-4-3-5-12(13)15(20)7-14(16)19/h3-7,11,20H,1,8-9H2,2H3/t11-/m1/s1. The van der Waals surface area contributed by atoms with Gasteiger partial charge in [-0.3, -0.25) is 4.79 Å². The Morgan fingerprint density at radius 2 is 2.10 bits per heavy atom. The van der Waals surface area contributed by atoms with Gasteiger partial charge < -0.3 is 10.0 Å². The number of carbonyl (C=O) groups is 1. The molecule has 3 nitrogen and oxygen atoms in total. The molecule has 1 amide bonds. The molecule has 1 aliphatic heterocycles. The highest BCUT2D eigenvalue weighted by Gasteiger charge is 2.34. The number of benzene rings is 2. The van der Waals surface area contributed by atoms with E-state index >= 15 is 0 Å². The van der Waals surface area contributed by atoms with E-state index in [1.807, 2.05) is 24.3 Å².